The molecular weight excluding hydrogens is 278 g/mol. The Balaban J connectivity index is 2.61. The molecule has 0 saturated carbocycles. The molecule has 0 aliphatic rings. The molecule has 0 radical (unpaired) electrons. The van der Waals surface area contributed by atoms with Crippen molar-refractivity contribution in [1.29, 1.82) is 0 Å². The third-order valence-corrected chi connectivity index (χ3v) is 3.77. The van der Waals surface area contributed by atoms with Crippen molar-refractivity contribution in [2.24, 2.45) is 0 Å². The maximum absolute atomic E-state index is 12.2. The first-order valence-electron chi connectivity index (χ1n) is 7.53. The van der Waals surface area contributed by atoms with Gasteiger partial charge in [-0.15, -0.1) is 0 Å². The quantitative estimate of drug-likeness (QED) is 0.876. The molecule has 1 atom stereocenters. The SMILES string of the molecule is CC(C)c1ccc(NC(=O)[C@H](C)N(C)CC(=O)N(C)C)cc1. The number of rotatable bonds is 6. The van der Waals surface area contributed by atoms with Crippen LogP contribution in [0.2, 0.25) is 0 Å². The van der Waals surface area contributed by atoms with Crippen molar-refractivity contribution in [3.8, 4) is 0 Å². The fourth-order valence-electron chi connectivity index (χ4n) is 1.89. The molecule has 0 aromatic heterocycles. The number of benzene rings is 1. The van der Waals surface area contributed by atoms with Crippen LogP contribution < -0.4 is 5.32 Å². The van der Waals surface area contributed by atoms with Crippen molar-refractivity contribution in [3.05, 3.63) is 29.8 Å². The molecule has 22 heavy (non-hydrogen) atoms. The number of likely N-dealkylation sites (N-methyl/N-ethyl adjacent to an activating group) is 2. The molecule has 0 spiro atoms. The molecule has 1 aromatic carbocycles. The Morgan fingerprint density at radius 3 is 2.05 bits per heavy atom. The topological polar surface area (TPSA) is 52.7 Å². The van der Waals surface area contributed by atoms with Gasteiger partial charge in [0.1, 0.15) is 0 Å². The minimum absolute atomic E-state index is 0.0246. The van der Waals surface area contributed by atoms with Crippen LogP contribution in [0.25, 0.3) is 0 Å². The Morgan fingerprint density at radius 2 is 1.59 bits per heavy atom. The Morgan fingerprint density at radius 1 is 1.05 bits per heavy atom. The summed E-state index contributed by atoms with van der Waals surface area (Å²) >= 11 is 0. The summed E-state index contributed by atoms with van der Waals surface area (Å²) in [4.78, 5) is 27.2. The zero-order valence-corrected chi connectivity index (χ0v) is 14.4. The normalized spacial score (nSPS) is 12.4. The molecule has 122 valence electrons. The second-order valence-corrected chi connectivity index (χ2v) is 6.15. The van der Waals surface area contributed by atoms with Crippen LogP contribution in [0.5, 0.6) is 0 Å². The van der Waals surface area contributed by atoms with E-state index >= 15 is 0 Å². The number of carbonyl (C=O) groups excluding carboxylic acids is 2. The van der Waals surface area contributed by atoms with Gasteiger partial charge in [0.2, 0.25) is 11.8 Å². The van der Waals surface area contributed by atoms with Crippen LogP contribution in [0.1, 0.15) is 32.3 Å². The fourth-order valence-corrected chi connectivity index (χ4v) is 1.89. The van der Waals surface area contributed by atoms with Crippen LogP contribution in [0, 0.1) is 0 Å². The van der Waals surface area contributed by atoms with E-state index < -0.39 is 0 Å². The van der Waals surface area contributed by atoms with Gasteiger partial charge in [-0.05, 0) is 37.6 Å². The molecule has 0 saturated heterocycles. The highest BCUT2D eigenvalue weighted by atomic mass is 16.2. The number of anilines is 1. The highest BCUT2D eigenvalue weighted by molar-refractivity contribution is 5.94. The van der Waals surface area contributed by atoms with E-state index in [0.717, 1.165) is 5.69 Å². The minimum atomic E-state index is -0.381. The van der Waals surface area contributed by atoms with Crippen LogP contribution in [0.4, 0.5) is 5.69 Å². The Bertz CT molecular complexity index is 509. The third kappa shape index (κ3) is 5.15. The fraction of sp³-hybridized carbons (Fsp3) is 0.529. The molecular formula is C17H27N3O2. The van der Waals surface area contributed by atoms with E-state index in [-0.39, 0.29) is 24.4 Å². The number of hydrogen-bond donors (Lipinski definition) is 1. The predicted octanol–water partition coefficient (Wildman–Crippen LogP) is 2.16. The van der Waals surface area contributed by atoms with Crippen LogP contribution in [0.3, 0.4) is 0 Å². The maximum atomic E-state index is 12.2. The Hall–Kier alpha value is -1.88. The van der Waals surface area contributed by atoms with Gasteiger partial charge in [-0.2, -0.15) is 0 Å². The van der Waals surface area contributed by atoms with Gasteiger partial charge in [0.05, 0.1) is 12.6 Å². The van der Waals surface area contributed by atoms with Gasteiger partial charge < -0.3 is 10.2 Å². The molecule has 0 fully saturated rings. The third-order valence-electron chi connectivity index (χ3n) is 3.77. The predicted molar refractivity (Wildman–Crippen MR) is 89.9 cm³/mol. The number of hydrogen-bond acceptors (Lipinski definition) is 3. The summed E-state index contributed by atoms with van der Waals surface area (Å²) in [5.74, 6) is 0.321. The van der Waals surface area contributed by atoms with E-state index in [2.05, 4.69) is 19.2 Å². The number of nitrogens with one attached hydrogen (secondary N) is 1. The van der Waals surface area contributed by atoms with Crippen LogP contribution in [-0.4, -0.2) is 55.3 Å². The van der Waals surface area contributed by atoms with Crippen LogP contribution in [0.15, 0.2) is 24.3 Å². The smallest absolute Gasteiger partial charge is 0.241 e. The summed E-state index contributed by atoms with van der Waals surface area (Å²) < 4.78 is 0. The first-order chi connectivity index (χ1) is 10.2. The van der Waals surface area contributed by atoms with E-state index in [1.165, 1.54) is 10.5 Å². The van der Waals surface area contributed by atoms with Gasteiger partial charge in [0.25, 0.3) is 0 Å². The van der Waals surface area contributed by atoms with Crippen molar-refractivity contribution < 1.29 is 9.59 Å². The standard InChI is InChI=1S/C17H27N3O2/c1-12(2)14-7-9-15(10-8-14)18-17(22)13(3)20(6)11-16(21)19(4)5/h7-10,12-13H,11H2,1-6H3,(H,18,22)/t13-/m0/s1. The Labute approximate surface area is 133 Å². The van der Waals surface area contributed by atoms with Crippen molar-refractivity contribution in [2.45, 2.75) is 32.7 Å². The molecule has 5 nitrogen and oxygen atoms in total. The molecule has 0 aliphatic carbocycles. The van der Waals surface area contributed by atoms with Crippen molar-refractivity contribution >= 4 is 17.5 Å². The molecule has 5 heteroatoms. The van der Waals surface area contributed by atoms with Gasteiger partial charge in [-0.25, -0.2) is 0 Å². The first kappa shape index (κ1) is 18.2. The number of carbonyl (C=O) groups is 2. The average molecular weight is 305 g/mol. The van der Waals surface area contributed by atoms with Crippen LogP contribution in [-0.2, 0) is 9.59 Å². The number of amides is 2. The second kappa shape index (κ2) is 7.94. The lowest BCUT2D eigenvalue weighted by Crippen LogP contribution is -2.44. The van der Waals surface area contributed by atoms with Gasteiger partial charge >= 0.3 is 0 Å². The summed E-state index contributed by atoms with van der Waals surface area (Å²) in [6.45, 7) is 6.27. The van der Waals surface area contributed by atoms with E-state index in [9.17, 15) is 9.59 Å². The average Bonchev–Trinajstić information content (AvgIpc) is 2.46. The second-order valence-electron chi connectivity index (χ2n) is 6.15. The minimum Gasteiger partial charge on any atom is -0.348 e. The van der Waals surface area contributed by atoms with E-state index in [4.69, 9.17) is 0 Å². The molecule has 1 rings (SSSR count). The van der Waals surface area contributed by atoms with E-state index in [1.54, 1.807) is 33.0 Å². The largest absolute Gasteiger partial charge is 0.348 e. The molecule has 1 N–H and O–H groups in total. The molecule has 1 aromatic rings. The van der Waals surface area contributed by atoms with E-state index in [0.29, 0.717) is 5.92 Å². The zero-order valence-electron chi connectivity index (χ0n) is 14.4. The summed E-state index contributed by atoms with van der Waals surface area (Å²) in [6.07, 6.45) is 0. The van der Waals surface area contributed by atoms with Crippen molar-refractivity contribution in [3.63, 3.8) is 0 Å². The van der Waals surface area contributed by atoms with Gasteiger partial charge in [-0.1, -0.05) is 26.0 Å². The zero-order chi connectivity index (χ0) is 16.9. The summed E-state index contributed by atoms with van der Waals surface area (Å²) in [6, 6.07) is 7.47. The van der Waals surface area contributed by atoms with Gasteiger partial charge in [-0.3, -0.25) is 14.5 Å². The van der Waals surface area contributed by atoms with Gasteiger partial charge in [0.15, 0.2) is 0 Å². The molecule has 2 amide bonds. The highest BCUT2D eigenvalue weighted by Gasteiger charge is 2.20. The molecule has 0 bridgehead atoms. The lowest BCUT2D eigenvalue weighted by molar-refractivity contribution is -0.131. The molecule has 0 heterocycles. The van der Waals surface area contributed by atoms with E-state index in [1.807, 2.05) is 24.3 Å². The van der Waals surface area contributed by atoms with Crippen LogP contribution >= 0.6 is 0 Å². The lowest BCUT2D eigenvalue weighted by atomic mass is 10.0. The molecule has 0 aliphatic heterocycles. The molecule has 0 unspecified atom stereocenters. The highest BCUT2D eigenvalue weighted by Crippen LogP contribution is 2.17. The van der Waals surface area contributed by atoms with Gasteiger partial charge in [0, 0.05) is 19.8 Å². The summed E-state index contributed by atoms with van der Waals surface area (Å²) in [5, 5.41) is 2.89. The van der Waals surface area contributed by atoms with Crippen molar-refractivity contribution in [2.75, 3.05) is 33.0 Å². The summed E-state index contributed by atoms with van der Waals surface area (Å²) in [7, 11) is 5.18. The lowest BCUT2D eigenvalue weighted by Gasteiger charge is -2.24. The Kier molecular flexibility index (Phi) is 6.56. The summed E-state index contributed by atoms with van der Waals surface area (Å²) in [5.41, 5.74) is 2.01. The van der Waals surface area contributed by atoms with Crippen molar-refractivity contribution in [1.82, 2.24) is 9.80 Å². The monoisotopic (exact) mass is 305 g/mol. The number of nitrogens with zero attached hydrogens (tertiary/aromatic N) is 2. The maximum Gasteiger partial charge on any atom is 0.241 e. The first-order valence-corrected chi connectivity index (χ1v) is 7.53.